The summed E-state index contributed by atoms with van der Waals surface area (Å²) in [7, 11) is -3.98. The van der Waals surface area contributed by atoms with Gasteiger partial charge in [0.1, 0.15) is 23.2 Å². The van der Waals surface area contributed by atoms with Crippen LogP contribution in [0.25, 0.3) is 5.65 Å². The minimum atomic E-state index is -3.98. The second-order valence-electron chi connectivity index (χ2n) is 6.62. The number of nitrogens with zero attached hydrogens (tertiary/aromatic N) is 3. The molecular formula is C19H17FN4O4S. The first kappa shape index (κ1) is 19.2. The number of anilines is 1. The highest BCUT2D eigenvalue weighted by Crippen LogP contribution is 2.27. The molecule has 3 heterocycles. The highest BCUT2D eigenvalue weighted by atomic mass is 32.2. The van der Waals surface area contributed by atoms with Gasteiger partial charge in [0, 0.05) is 12.7 Å². The zero-order valence-corrected chi connectivity index (χ0v) is 16.0. The largest absolute Gasteiger partial charge is 0.319 e. The van der Waals surface area contributed by atoms with Gasteiger partial charge in [-0.25, -0.2) is 17.8 Å². The van der Waals surface area contributed by atoms with E-state index < -0.39 is 33.3 Å². The second-order valence-corrected chi connectivity index (χ2v) is 8.51. The number of aromatic nitrogens is 2. The summed E-state index contributed by atoms with van der Waals surface area (Å²) in [4.78, 5) is 29.4. The van der Waals surface area contributed by atoms with E-state index in [2.05, 4.69) is 10.3 Å². The Balaban J connectivity index is 1.61. The third-order valence-corrected chi connectivity index (χ3v) is 6.72. The standard InChI is InChI=1S/C19H17FN4O4S/c20-13-6-8-14(9-7-13)29(27,28)24-11-3-4-16(24)18(25)22-15-12-21-17-5-1-2-10-23(17)19(15)26/h1-2,5-10,12,16H,3-4,11H2,(H,22,25). The fourth-order valence-electron chi connectivity index (χ4n) is 3.36. The third-order valence-electron chi connectivity index (χ3n) is 4.80. The Morgan fingerprint density at radius 1 is 1.17 bits per heavy atom. The summed E-state index contributed by atoms with van der Waals surface area (Å²) in [6, 6.07) is 8.52. The number of amides is 1. The molecule has 0 aliphatic carbocycles. The predicted molar refractivity (Wildman–Crippen MR) is 103 cm³/mol. The SMILES string of the molecule is O=C(Nc1cnc2ccccn2c1=O)C1CCCN1S(=O)(=O)c1ccc(F)cc1. The molecule has 1 aliphatic heterocycles. The molecule has 1 N–H and O–H groups in total. The number of nitrogens with one attached hydrogen (secondary N) is 1. The number of hydrogen-bond donors (Lipinski definition) is 1. The van der Waals surface area contributed by atoms with Crippen LogP contribution < -0.4 is 10.9 Å². The van der Waals surface area contributed by atoms with Crippen LogP contribution in [-0.2, 0) is 14.8 Å². The van der Waals surface area contributed by atoms with Crippen molar-refractivity contribution in [2.75, 3.05) is 11.9 Å². The van der Waals surface area contributed by atoms with Gasteiger partial charge in [0.2, 0.25) is 15.9 Å². The van der Waals surface area contributed by atoms with Crippen LogP contribution in [0, 0.1) is 5.82 Å². The van der Waals surface area contributed by atoms with Crippen molar-refractivity contribution in [1.29, 1.82) is 0 Å². The van der Waals surface area contributed by atoms with Crippen LogP contribution >= 0.6 is 0 Å². The van der Waals surface area contributed by atoms with Gasteiger partial charge in [-0.05, 0) is 49.2 Å². The third kappa shape index (κ3) is 3.52. The molecule has 0 spiro atoms. The van der Waals surface area contributed by atoms with E-state index in [4.69, 9.17) is 0 Å². The van der Waals surface area contributed by atoms with Crippen LogP contribution in [-0.4, -0.2) is 40.6 Å². The lowest BCUT2D eigenvalue weighted by molar-refractivity contribution is -0.119. The monoisotopic (exact) mass is 416 g/mol. The number of rotatable bonds is 4. The molecule has 3 aromatic rings. The summed E-state index contributed by atoms with van der Waals surface area (Å²) < 4.78 is 41.3. The van der Waals surface area contributed by atoms with Crippen LogP contribution in [0.5, 0.6) is 0 Å². The minimum absolute atomic E-state index is 0.0373. The maximum atomic E-state index is 13.1. The lowest BCUT2D eigenvalue weighted by Gasteiger charge is -2.23. The first-order chi connectivity index (χ1) is 13.9. The highest BCUT2D eigenvalue weighted by Gasteiger charge is 2.39. The number of benzene rings is 1. The van der Waals surface area contributed by atoms with E-state index in [1.54, 1.807) is 18.2 Å². The van der Waals surface area contributed by atoms with E-state index in [1.165, 1.54) is 16.8 Å². The fourth-order valence-corrected chi connectivity index (χ4v) is 5.02. The molecule has 2 aromatic heterocycles. The number of carbonyl (C=O) groups excluding carboxylic acids is 1. The van der Waals surface area contributed by atoms with E-state index in [1.807, 2.05) is 0 Å². The van der Waals surface area contributed by atoms with E-state index in [-0.39, 0.29) is 17.1 Å². The fraction of sp³-hybridized carbons (Fsp3) is 0.211. The highest BCUT2D eigenvalue weighted by molar-refractivity contribution is 7.89. The van der Waals surface area contributed by atoms with Crippen molar-refractivity contribution in [3.8, 4) is 0 Å². The summed E-state index contributed by atoms with van der Waals surface area (Å²) in [5.41, 5.74) is -0.0727. The maximum Gasteiger partial charge on any atom is 0.281 e. The van der Waals surface area contributed by atoms with E-state index >= 15 is 0 Å². The van der Waals surface area contributed by atoms with Gasteiger partial charge in [0.15, 0.2) is 0 Å². The molecule has 1 atom stereocenters. The van der Waals surface area contributed by atoms with E-state index in [0.717, 1.165) is 28.6 Å². The summed E-state index contributed by atoms with van der Waals surface area (Å²) in [5.74, 6) is -1.16. The lowest BCUT2D eigenvalue weighted by atomic mass is 10.2. The van der Waals surface area contributed by atoms with Crippen LogP contribution in [0.15, 0.2) is 64.5 Å². The van der Waals surface area contributed by atoms with Gasteiger partial charge in [-0.2, -0.15) is 4.31 Å². The summed E-state index contributed by atoms with van der Waals surface area (Å²) >= 11 is 0. The predicted octanol–water partition coefficient (Wildman–Crippen LogP) is 1.63. The van der Waals surface area contributed by atoms with Crippen molar-refractivity contribution in [3.63, 3.8) is 0 Å². The molecule has 0 radical (unpaired) electrons. The molecule has 10 heteroatoms. The smallest absolute Gasteiger partial charge is 0.281 e. The zero-order valence-electron chi connectivity index (χ0n) is 15.2. The molecular weight excluding hydrogens is 399 g/mol. The molecule has 150 valence electrons. The van der Waals surface area contributed by atoms with Gasteiger partial charge < -0.3 is 5.32 Å². The average molecular weight is 416 g/mol. The van der Waals surface area contributed by atoms with Crippen molar-refractivity contribution in [1.82, 2.24) is 13.7 Å². The minimum Gasteiger partial charge on any atom is -0.319 e. The Kier molecular flexibility index (Phi) is 4.89. The number of halogens is 1. The molecule has 4 rings (SSSR count). The molecule has 8 nitrogen and oxygen atoms in total. The number of hydrogen-bond acceptors (Lipinski definition) is 5. The summed E-state index contributed by atoms with van der Waals surface area (Å²) in [6.45, 7) is 0.159. The van der Waals surface area contributed by atoms with Crippen molar-refractivity contribution in [2.45, 2.75) is 23.8 Å². The van der Waals surface area contributed by atoms with Crippen LogP contribution in [0.1, 0.15) is 12.8 Å². The van der Waals surface area contributed by atoms with Crippen LogP contribution in [0.3, 0.4) is 0 Å². The molecule has 1 amide bonds. The van der Waals surface area contributed by atoms with Gasteiger partial charge >= 0.3 is 0 Å². The topological polar surface area (TPSA) is 101 Å². The Labute approximate surface area is 165 Å². The van der Waals surface area contributed by atoms with Gasteiger partial charge in [-0.3, -0.25) is 14.0 Å². The Morgan fingerprint density at radius 3 is 2.69 bits per heavy atom. The van der Waals surface area contributed by atoms with Gasteiger partial charge in [-0.15, -0.1) is 0 Å². The van der Waals surface area contributed by atoms with Crippen molar-refractivity contribution < 1.29 is 17.6 Å². The van der Waals surface area contributed by atoms with Crippen molar-refractivity contribution >= 4 is 27.3 Å². The normalized spacial score (nSPS) is 17.5. The van der Waals surface area contributed by atoms with Gasteiger partial charge in [-0.1, -0.05) is 6.07 Å². The maximum absolute atomic E-state index is 13.1. The lowest BCUT2D eigenvalue weighted by Crippen LogP contribution is -2.43. The molecule has 0 saturated carbocycles. The molecule has 1 aliphatic rings. The van der Waals surface area contributed by atoms with Gasteiger partial charge in [0.05, 0.1) is 11.1 Å². The van der Waals surface area contributed by atoms with Crippen molar-refractivity contribution in [3.05, 3.63) is 71.0 Å². The van der Waals surface area contributed by atoms with E-state index in [0.29, 0.717) is 18.5 Å². The molecule has 0 bridgehead atoms. The van der Waals surface area contributed by atoms with E-state index in [9.17, 15) is 22.4 Å². The van der Waals surface area contributed by atoms with Crippen molar-refractivity contribution in [2.24, 2.45) is 0 Å². The van der Waals surface area contributed by atoms with Crippen LogP contribution in [0.2, 0.25) is 0 Å². The Hall–Kier alpha value is -3.11. The van der Waals surface area contributed by atoms with Crippen LogP contribution in [0.4, 0.5) is 10.1 Å². The molecule has 1 fully saturated rings. The van der Waals surface area contributed by atoms with Gasteiger partial charge in [0.25, 0.3) is 5.56 Å². The second kappa shape index (κ2) is 7.37. The molecule has 1 aromatic carbocycles. The Bertz CT molecular complexity index is 1240. The summed E-state index contributed by atoms with van der Waals surface area (Å²) in [6.07, 6.45) is 3.59. The number of sulfonamides is 1. The zero-order chi connectivity index (χ0) is 20.6. The number of pyridine rings is 1. The number of carbonyl (C=O) groups is 1. The molecule has 1 unspecified atom stereocenters. The Morgan fingerprint density at radius 2 is 1.93 bits per heavy atom. The quantitative estimate of drug-likeness (QED) is 0.697. The molecule has 29 heavy (non-hydrogen) atoms. The first-order valence-electron chi connectivity index (χ1n) is 8.92. The first-order valence-corrected chi connectivity index (χ1v) is 10.4. The molecule has 1 saturated heterocycles. The summed E-state index contributed by atoms with van der Waals surface area (Å²) in [5, 5.41) is 2.51. The number of fused-ring (bicyclic) bond motifs is 1. The average Bonchev–Trinajstić information content (AvgIpc) is 3.22.